The molecule has 0 bridgehead atoms. The minimum absolute atomic E-state index is 0. The molecule has 0 spiro atoms. The van der Waals surface area contributed by atoms with E-state index in [1.165, 1.54) is 79.1 Å². The number of aromatic hydroxyl groups is 6. The predicted molar refractivity (Wildman–Crippen MR) is 422 cm³/mol. The van der Waals surface area contributed by atoms with E-state index in [1.54, 1.807) is 68.4 Å². The first-order valence-electron chi connectivity index (χ1n) is 35.7. The van der Waals surface area contributed by atoms with Crippen LogP contribution in [0.1, 0.15) is 276 Å². The van der Waals surface area contributed by atoms with Crippen LogP contribution in [0.25, 0.3) is 27.2 Å². The number of phenols is 6. The fourth-order valence-electron chi connectivity index (χ4n) is 13.9. The van der Waals surface area contributed by atoms with E-state index in [4.69, 9.17) is 26.1 Å². The smallest absolute Gasteiger partial charge is 0.163 e. The molecule has 6 heterocycles. The Morgan fingerprint density at radius 3 is 0.752 bits per heavy atom. The van der Waals surface area contributed by atoms with Gasteiger partial charge in [0.2, 0.25) is 0 Å². The Labute approximate surface area is 658 Å². The molecule has 0 aromatic heterocycles. The van der Waals surface area contributed by atoms with E-state index in [9.17, 15) is 30.9 Å². The molecular weight excluding hydrogens is 1410 g/mol. The van der Waals surface area contributed by atoms with Gasteiger partial charge in [0.15, 0.2) is 5.78 Å². The summed E-state index contributed by atoms with van der Waals surface area (Å²) in [7, 11) is 0. The number of carbonyl (C=O) groups excluding carboxylic acids is 1. The van der Waals surface area contributed by atoms with Crippen LogP contribution in [0.4, 0.5) is 17.1 Å². The molecule has 6 aliphatic heterocycles. The summed E-state index contributed by atoms with van der Waals surface area (Å²) < 4.78 is 0. The van der Waals surface area contributed by atoms with Crippen molar-refractivity contribution in [3.63, 3.8) is 0 Å². The van der Waals surface area contributed by atoms with E-state index in [-0.39, 0.29) is 155 Å². The number of carbonyl (C=O) groups is 1. The molecule has 0 fully saturated rings. The van der Waals surface area contributed by atoms with Gasteiger partial charge in [0, 0.05) is 144 Å². The van der Waals surface area contributed by atoms with Crippen molar-refractivity contribution in [2.24, 2.45) is 0 Å². The number of allylic oxidation sites excluding steroid dienone is 1. The topological polar surface area (TPSA) is 237 Å². The van der Waals surface area contributed by atoms with Gasteiger partial charge >= 0.3 is 0 Å². The first kappa shape index (κ1) is 90.9. The van der Waals surface area contributed by atoms with Gasteiger partial charge in [0.25, 0.3) is 0 Å². The number of anilines is 3. The molecule has 6 aliphatic rings. The molecular formula is C85H119N7O7Y2-4. The number of hydrogen-bond donors (Lipinski definition) is 6. The van der Waals surface area contributed by atoms with Gasteiger partial charge in [-0.05, 0) is 172 Å². The van der Waals surface area contributed by atoms with Crippen molar-refractivity contribution >= 4 is 51.3 Å². The van der Waals surface area contributed by atoms with Crippen molar-refractivity contribution in [3.05, 3.63) is 186 Å². The normalized spacial score (nSPS) is 16.6. The Hall–Kier alpha value is -6.18. The number of phenolic OH excluding ortho intramolecular Hbond substituents is 6. The summed E-state index contributed by atoms with van der Waals surface area (Å²) in [5.74, 6) is 1.15. The van der Waals surface area contributed by atoms with Crippen LogP contribution in [0.5, 0.6) is 34.5 Å². The van der Waals surface area contributed by atoms with Gasteiger partial charge in [-0.25, -0.2) is 0 Å². The maximum Gasteiger partial charge on any atom is 0.163 e. The Morgan fingerprint density at radius 1 is 0.347 bits per heavy atom. The number of ketones is 1. The average molecular weight is 1530 g/mol. The molecule has 0 unspecified atom stereocenters. The molecule has 14 nitrogen and oxygen atoms in total. The molecule has 2 radical (unpaired) electrons. The molecule has 12 rings (SSSR count). The molecule has 0 aliphatic carbocycles. The van der Waals surface area contributed by atoms with Crippen LogP contribution < -0.4 is 14.7 Å². The van der Waals surface area contributed by atoms with Crippen LogP contribution >= 0.6 is 0 Å². The number of hydrogen-bond acceptors (Lipinski definition) is 10. The molecule has 6 N–H and O–H groups in total. The van der Waals surface area contributed by atoms with Crippen LogP contribution in [0.2, 0.25) is 0 Å². The fourth-order valence-corrected chi connectivity index (χ4v) is 13.9. The van der Waals surface area contributed by atoms with Gasteiger partial charge in [-0.3, -0.25) is 4.79 Å². The Bertz CT molecular complexity index is 3520. The summed E-state index contributed by atoms with van der Waals surface area (Å²) in [6.45, 7) is 59.2. The van der Waals surface area contributed by atoms with Crippen molar-refractivity contribution in [1.82, 2.24) is 0 Å². The summed E-state index contributed by atoms with van der Waals surface area (Å²) in [5, 5.41) is 97.6. The number of para-hydroxylation sites is 3. The summed E-state index contributed by atoms with van der Waals surface area (Å²) in [5.41, 5.74) is 16.1. The molecule has 0 atom stereocenters. The van der Waals surface area contributed by atoms with Crippen LogP contribution in [0.15, 0.2) is 97.6 Å². The van der Waals surface area contributed by atoms with Crippen molar-refractivity contribution in [2.75, 3.05) is 54.0 Å². The first-order chi connectivity index (χ1) is 46.1. The summed E-state index contributed by atoms with van der Waals surface area (Å²) >= 11 is 0. The maximum atomic E-state index is 10.9. The SMILES string of the molecule is C=C(C)c1cc2c3c(c1O)C(C)(C)CCN3CCC2(C)C.CC.CC.CC.CC(=O)c1ccccc1O.CC(=[N-])c1cc2c3c(c1O)C(C)(C)CCN3CCC2(C)C.CC(=[N-])c1cc2c3c(c1O)C(C)(C)CCN3CCC2(C)C.CC(=[N-])c1ccccc1O.CC(=[N-])c1ccccc1O.[Y].[Y]. The number of Topliss-reactive ketones (excluding diaryl/α,β-unsaturated/α-hetero) is 1. The van der Waals surface area contributed by atoms with Crippen LogP contribution in [0.3, 0.4) is 0 Å². The minimum atomic E-state index is -0.113. The monoisotopic (exact) mass is 1530 g/mol. The van der Waals surface area contributed by atoms with Gasteiger partial charge in [0.1, 0.15) is 34.5 Å². The zero-order chi connectivity index (χ0) is 75.4. The van der Waals surface area contributed by atoms with Crippen LogP contribution in [-0.2, 0) is 97.9 Å². The molecule has 0 amide bonds. The molecule has 0 saturated heterocycles. The van der Waals surface area contributed by atoms with Crippen molar-refractivity contribution < 1.29 is 101 Å². The van der Waals surface area contributed by atoms with Gasteiger partial charge in [-0.2, -0.15) is 22.8 Å². The minimum Gasteiger partial charge on any atom is -0.807 e. The zero-order valence-electron chi connectivity index (χ0n) is 65.7. The molecule has 6 aromatic rings. The van der Waals surface area contributed by atoms with E-state index in [0.29, 0.717) is 33.6 Å². The summed E-state index contributed by atoms with van der Waals surface area (Å²) in [6, 6.07) is 26.0. The Kier molecular flexibility index (Phi) is 33.7. The average Bonchev–Trinajstić information content (AvgIpc) is 0.736. The third-order valence-corrected chi connectivity index (χ3v) is 20.1. The Morgan fingerprint density at radius 2 is 0.554 bits per heavy atom. The third-order valence-electron chi connectivity index (χ3n) is 20.1. The van der Waals surface area contributed by atoms with E-state index >= 15 is 0 Å². The van der Waals surface area contributed by atoms with Crippen molar-refractivity contribution in [2.45, 2.75) is 237 Å². The van der Waals surface area contributed by atoms with Gasteiger partial charge in [-0.15, -0.1) is 0 Å². The number of rotatable bonds is 6. The number of nitrogens with zero attached hydrogens (tertiary/aromatic N) is 7. The standard InChI is InChI=1S/C19H27NO.2C18H25N2O.2C8H8NO.C8H8O2.3C2H6.2Y/c1-12(2)13-11-14-16-15(17(13)21)19(5,6)8-10-20(16)9-7-18(14,3)4;2*1-11(19)12-10-13-15-14(16(12)21)18(4,5)7-9-20(15)8-6-17(13,2)3;3*1-6(9)7-4-2-3-5-8(7)10;3*1-2;;/h11,21H,1,7-10H2,2-6H3;2*10,21H,6-9H2,1-5H3;3*2-5,10H,1H3;3*1-2H3;;/q;4*-1;;;;;;. The van der Waals surface area contributed by atoms with Crippen molar-refractivity contribution in [1.29, 1.82) is 0 Å². The van der Waals surface area contributed by atoms with E-state index < -0.39 is 0 Å². The molecule has 6 aromatic carbocycles. The second-order valence-electron chi connectivity index (χ2n) is 30.1. The zero-order valence-corrected chi connectivity index (χ0v) is 71.4. The number of benzene rings is 6. The van der Waals surface area contributed by atoms with Crippen LogP contribution in [0, 0.1) is 0 Å². The van der Waals surface area contributed by atoms with E-state index in [1.807, 2.05) is 60.6 Å². The molecule has 546 valence electrons. The predicted octanol–water partition coefficient (Wildman–Crippen LogP) is 20.7. The fraction of sp³-hybridized carbons (Fsp3) is 0.494. The molecule has 16 heteroatoms. The summed E-state index contributed by atoms with van der Waals surface area (Å²) in [6.07, 6.45) is 6.53. The largest absolute Gasteiger partial charge is 0.807 e. The molecule has 101 heavy (non-hydrogen) atoms. The maximum absolute atomic E-state index is 10.9. The van der Waals surface area contributed by atoms with E-state index in [0.717, 1.165) is 99.2 Å². The summed E-state index contributed by atoms with van der Waals surface area (Å²) in [4.78, 5) is 18.0. The van der Waals surface area contributed by atoms with Gasteiger partial charge < -0.3 is 67.0 Å². The first-order valence-corrected chi connectivity index (χ1v) is 35.7. The van der Waals surface area contributed by atoms with Crippen molar-refractivity contribution in [3.8, 4) is 34.5 Å². The van der Waals surface area contributed by atoms with Crippen LogP contribution in [-0.4, -0.2) is 98.5 Å². The molecule has 0 saturated carbocycles. The second kappa shape index (κ2) is 37.5. The second-order valence-corrected chi connectivity index (χ2v) is 30.1. The third kappa shape index (κ3) is 20.8. The Balaban J connectivity index is 0.000000416. The van der Waals surface area contributed by atoms with Gasteiger partial charge in [-0.1, -0.05) is 207 Å². The quantitative estimate of drug-likeness (QED) is 0.0681. The van der Waals surface area contributed by atoms with Gasteiger partial charge in [0.05, 0.1) is 5.56 Å². The van der Waals surface area contributed by atoms with E-state index in [2.05, 4.69) is 110 Å².